The molecule has 0 N–H and O–H groups in total. The van der Waals surface area contributed by atoms with Crippen molar-refractivity contribution in [2.45, 2.75) is 6.92 Å². The van der Waals surface area contributed by atoms with Gasteiger partial charge in [0.25, 0.3) is 0 Å². The second kappa shape index (κ2) is 7.14. The molecule has 3 aromatic carbocycles. The average molecular weight is 330 g/mol. The van der Waals surface area contributed by atoms with Crippen LogP contribution in [0.25, 0.3) is 0 Å². The van der Waals surface area contributed by atoms with Crippen molar-refractivity contribution in [3.05, 3.63) is 101 Å². The molecule has 0 saturated heterocycles. The van der Waals surface area contributed by atoms with E-state index in [0.29, 0.717) is 28.0 Å². The van der Waals surface area contributed by atoms with Crippen molar-refractivity contribution in [3.8, 4) is 5.75 Å². The van der Waals surface area contributed by atoms with Crippen molar-refractivity contribution < 1.29 is 14.3 Å². The van der Waals surface area contributed by atoms with Gasteiger partial charge in [-0.15, -0.1) is 0 Å². The molecule has 124 valence electrons. The third-order valence-electron chi connectivity index (χ3n) is 4.05. The van der Waals surface area contributed by atoms with Crippen molar-refractivity contribution in [1.29, 1.82) is 0 Å². The van der Waals surface area contributed by atoms with Gasteiger partial charge in [-0.05, 0) is 37.3 Å². The third-order valence-corrected chi connectivity index (χ3v) is 4.05. The van der Waals surface area contributed by atoms with Gasteiger partial charge in [0, 0.05) is 22.3 Å². The zero-order valence-corrected chi connectivity index (χ0v) is 14.2. The summed E-state index contributed by atoms with van der Waals surface area (Å²) in [4.78, 5) is 25.3. The van der Waals surface area contributed by atoms with Crippen LogP contribution < -0.4 is 4.74 Å². The Morgan fingerprint density at radius 2 is 1.16 bits per heavy atom. The van der Waals surface area contributed by atoms with Gasteiger partial charge in [0.1, 0.15) is 5.75 Å². The Morgan fingerprint density at radius 3 is 1.64 bits per heavy atom. The Kier molecular flexibility index (Phi) is 4.75. The number of rotatable bonds is 5. The van der Waals surface area contributed by atoms with Crippen LogP contribution in [-0.4, -0.2) is 18.7 Å². The van der Waals surface area contributed by atoms with Gasteiger partial charge in [-0.2, -0.15) is 0 Å². The van der Waals surface area contributed by atoms with Crippen LogP contribution in [0, 0.1) is 6.92 Å². The number of ketones is 2. The molecule has 3 aromatic rings. The lowest BCUT2D eigenvalue weighted by Gasteiger charge is -2.06. The highest BCUT2D eigenvalue weighted by atomic mass is 16.5. The average Bonchev–Trinajstić information content (AvgIpc) is 2.67. The fourth-order valence-corrected chi connectivity index (χ4v) is 2.58. The fourth-order valence-electron chi connectivity index (χ4n) is 2.58. The molecule has 0 amide bonds. The highest BCUT2D eigenvalue weighted by molar-refractivity contribution is 6.13. The van der Waals surface area contributed by atoms with Crippen LogP contribution in [0.1, 0.15) is 37.4 Å². The van der Waals surface area contributed by atoms with E-state index in [2.05, 4.69) is 0 Å². The summed E-state index contributed by atoms with van der Waals surface area (Å²) in [5.41, 5.74) is 3.26. The van der Waals surface area contributed by atoms with Crippen LogP contribution in [-0.2, 0) is 0 Å². The van der Waals surface area contributed by atoms with Crippen molar-refractivity contribution in [2.24, 2.45) is 0 Å². The standard InChI is InChI=1S/C22H18O3/c1-15-6-8-16(9-7-15)21(23)18-4-3-5-19(14-18)22(24)17-10-12-20(25-2)13-11-17/h3-14H,1-2H3. The Hall–Kier alpha value is -3.20. The molecule has 3 nitrogen and oxygen atoms in total. The van der Waals surface area contributed by atoms with E-state index in [9.17, 15) is 9.59 Å². The highest BCUT2D eigenvalue weighted by Gasteiger charge is 2.13. The first-order valence-corrected chi connectivity index (χ1v) is 7.98. The zero-order chi connectivity index (χ0) is 17.8. The van der Waals surface area contributed by atoms with E-state index in [1.807, 2.05) is 19.1 Å². The molecule has 0 spiro atoms. The van der Waals surface area contributed by atoms with Gasteiger partial charge < -0.3 is 4.74 Å². The molecule has 0 saturated carbocycles. The van der Waals surface area contributed by atoms with E-state index >= 15 is 0 Å². The quantitative estimate of drug-likeness (QED) is 0.649. The molecule has 0 unspecified atom stereocenters. The topological polar surface area (TPSA) is 43.4 Å². The third kappa shape index (κ3) is 3.66. The van der Waals surface area contributed by atoms with Crippen molar-refractivity contribution in [2.75, 3.05) is 7.11 Å². The first-order valence-electron chi connectivity index (χ1n) is 7.98. The Balaban J connectivity index is 1.88. The van der Waals surface area contributed by atoms with Crippen LogP contribution in [0.3, 0.4) is 0 Å². The second-order valence-corrected chi connectivity index (χ2v) is 5.83. The molecule has 25 heavy (non-hydrogen) atoms. The minimum atomic E-state index is -0.124. The zero-order valence-electron chi connectivity index (χ0n) is 14.2. The van der Waals surface area contributed by atoms with E-state index < -0.39 is 0 Å². The van der Waals surface area contributed by atoms with Gasteiger partial charge in [0.15, 0.2) is 11.6 Å². The molecule has 0 bridgehead atoms. The predicted molar refractivity (Wildman–Crippen MR) is 97.5 cm³/mol. The number of ether oxygens (including phenoxy) is 1. The smallest absolute Gasteiger partial charge is 0.193 e. The largest absolute Gasteiger partial charge is 0.497 e. The van der Waals surface area contributed by atoms with Gasteiger partial charge in [-0.3, -0.25) is 9.59 Å². The predicted octanol–water partition coefficient (Wildman–Crippen LogP) is 4.47. The van der Waals surface area contributed by atoms with Crippen LogP contribution >= 0.6 is 0 Å². The SMILES string of the molecule is COc1ccc(C(=O)c2cccc(C(=O)c3ccc(C)cc3)c2)cc1. The summed E-state index contributed by atoms with van der Waals surface area (Å²) < 4.78 is 5.11. The van der Waals surface area contributed by atoms with Crippen molar-refractivity contribution >= 4 is 11.6 Å². The van der Waals surface area contributed by atoms with Crippen molar-refractivity contribution in [3.63, 3.8) is 0 Å². The van der Waals surface area contributed by atoms with Crippen LogP contribution in [0.2, 0.25) is 0 Å². The van der Waals surface area contributed by atoms with E-state index in [1.165, 1.54) is 0 Å². The van der Waals surface area contributed by atoms with Gasteiger partial charge >= 0.3 is 0 Å². The number of hydrogen-bond acceptors (Lipinski definition) is 3. The highest BCUT2D eigenvalue weighted by Crippen LogP contribution is 2.18. The molecule has 0 atom stereocenters. The molecule has 0 radical (unpaired) electrons. The molecular formula is C22H18O3. The van der Waals surface area contributed by atoms with Crippen LogP contribution in [0.5, 0.6) is 5.75 Å². The number of aryl methyl sites for hydroxylation is 1. The number of methoxy groups -OCH3 is 1. The summed E-state index contributed by atoms with van der Waals surface area (Å²) in [6.45, 7) is 1.97. The molecule has 0 aliphatic heterocycles. The summed E-state index contributed by atoms with van der Waals surface area (Å²) in [6.07, 6.45) is 0. The molecule has 0 aliphatic rings. The minimum Gasteiger partial charge on any atom is -0.497 e. The number of hydrogen-bond donors (Lipinski definition) is 0. The maximum atomic E-state index is 12.6. The van der Waals surface area contributed by atoms with E-state index in [1.54, 1.807) is 67.8 Å². The molecule has 0 aliphatic carbocycles. The van der Waals surface area contributed by atoms with Gasteiger partial charge in [0.2, 0.25) is 0 Å². The Bertz CT molecular complexity index is 907. The molecule has 0 fully saturated rings. The minimum absolute atomic E-state index is 0.0932. The van der Waals surface area contributed by atoms with Crippen molar-refractivity contribution in [1.82, 2.24) is 0 Å². The lowest BCUT2D eigenvalue weighted by Crippen LogP contribution is -2.06. The van der Waals surface area contributed by atoms with E-state index in [4.69, 9.17) is 4.74 Å². The molecule has 3 heteroatoms. The lowest BCUT2D eigenvalue weighted by atomic mass is 9.97. The molecular weight excluding hydrogens is 312 g/mol. The number of carbonyl (C=O) groups is 2. The molecule has 0 heterocycles. The first kappa shape index (κ1) is 16.7. The summed E-state index contributed by atoms with van der Waals surface area (Å²) in [6, 6.07) is 21.2. The summed E-state index contributed by atoms with van der Waals surface area (Å²) in [5, 5.41) is 0. The van der Waals surface area contributed by atoms with Crippen LogP contribution in [0.4, 0.5) is 0 Å². The van der Waals surface area contributed by atoms with Gasteiger partial charge in [0.05, 0.1) is 7.11 Å². The van der Waals surface area contributed by atoms with E-state index in [0.717, 1.165) is 5.56 Å². The molecule has 3 rings (SSSR count). The summed E-state index contributed by atoms with van der Waals surface area (Å²) in [5.74, 6) is 0.477. The fraction of sp³-hybridized carbons (Fsp3) is 0.0909. The normalized spacial score (nSPS) is 10.3. The summed E-state index contributed by atoms with van der Waals surface area (Å²) >= 11 is 0. The van der Waals surface area contributed by atoms with E-state index in [-0.39, 0.29) is 11.6 Å². The molecule has 0 aromatic heterocycles. The first-order chi connectivity index (χ1) is 12.1. The lowest BCUT2D eigenvalue weighted by molar-refractivity contribution is 0.103. The summed E-state index contributed by atoms with van der Waals surface area (Å²) in [7, 11) is 1.58. The Labute approximate surface area is 146 Å². The van der Waals surface area contributed by atoms with Gasteiger partial charge in [-0.1, -0.05) is 48.0 Å². The van der Waals surface area contributed by atoms with Gasteiger partial charge in [-0.25, -0.2) is 0 Å². The number of carbonyl (C=O) groups excluding carboxylic acids is 2. The number of benzene rings is 3. The monoisotopic (exact) mass is 330 g/mol. The Morgan fingerprint density at radius 1 is 0.680 bits per heavy atom. The van der Waals surface area contributed by atoms with Crippen LogP contribution in [0.15, 0.2) is 72.8 Å². The maximum Gasteiger partial charge on any atom is 0.193 e. The maximum absolute atomic E-state index is 12.6. The second-order valence-electron chi connectivity index (χ2n) is 5.83.